The number of carbonyl (C=O) groups is 1. The van der Waals surface area contributed by atoms with E-state index in [1.54, 1.807) is 0 Å². The summed E-state index contributed by atoms with van der Waals surface area (Å²) >= 11 is 0. The molecule has 0 aromatic heterocycles. The van der Waals surface area contributed by atoms with Gasteiger partial charge in [0.05, 0.1) is 6.61 Å². The maximum atomic E-state index is 12.2. The van der Waals surface area contributed by atoms with Crippen LogP contribution in [-0.4, -0.2) is 30.6 Å². The fourth-order valence-corrected chi connectivity index (χ4v) is 2.53. The number of benzene rings is 1. The number of ether oxygens (including phenoxy) is 1. The zero-order valence-corrected chi connectivity index (χ0v) is 11.0. The van der Waals surface area contributed by atoms with Crippen molar-refractivity contribution in [3.05, 3.63) is 35.9 Å². The first-order chi connectivity index (χ1) is 8.83. The fourth-order valence-electron chi connectivity index (χ4n) is 2.53. The molecule has 0 saturated carbocycles. The first-order valence-corrected chi connectivity index (χ1v) is 6.78. The van der Waals surface area contributed by atoms with Gasteiger partial charge in [-0.15, -0.1) is 0 Å². The SMILES string of the molecule is CCOC(=O)[C@H](c1ccccc1)N1CCCCC1. The van der Waals surface area contributed by atoms with E-state index in [0.29, 0.717) is 6.61 Å². The van der Waals surface area contributed by atoms with Gasteiger partial charge in [0.15, 0.2) is 0 Å². The van der Waals surface area contributed by atoms with Gasteiger partial charge in [0.2, 0.25) is 0 Å². The smallest absolute Gasteiger partial charge is 0.327 e. The molecule has 0 unspecified atom stereocenters. The molecular formula is C15H21NO2. The summed E-state index contributed by atoms with van der Waals surface area (Å²) in [6.07, 6.45) is 3.60. The normalized spacial score (nSPS) is 18.3. The van der Waals surface area contributed by atoms with E-state index in [-0.39, 0.29) is 12.0 Å². The first-order valence-electron chi connectivity index (χ1n) is 6.78. The summed E-state index contributed by atoms with van der Waals surface area (Å²) in [6.45, 7) is 4.27. The molecule has 1 aromatic carbocycles. The average Bonchev–Trinajstić information content (AvgIpc) is 2.42. The van der Waals surface area contributed by atoms with Crippen LogP contribution >= 0.6 is 0 Å². The standard InChI is InChI=1S/C15H21NO2/c1-2-18-15(17)14(13-9-5-3-6-10-13)16-11-7-4-8-12-16/h3,5-6,9-10,14H,2,4,7-8,11-12H2,1H3/t14-/m0/s1. The third-order valence-electron chi connectivity index (χ3n) is 3.38. The lowest BCUT2D eigenvalue weighted by molar-refractivity contribution is -0.150. The van der Waals surface area contributed by atoms with Gasteiger partial charge >= 0.3 is 5.97 Å². The summed E-state index contributed by atoms with van der Waals surface area (Å²) in [5.41, 5.74) is 1.04. The number of piperidine rings is 1. The molecule has 1 heterocycles. The zero-order chi connectivity index (χ0) is 12.8. The van der Waals surface area contributed by atoms with Crippen LogP contribution in [0.15, 0.2) is 30.3 Å². The number of hydrogen-bond acceptors (Lipinski definition) is 3. The monoisotopic (exact) mass is 247 g/mol. The van der Waals surface area contributed by atoms with Crippen LogP contribution in [-0.2, 0) is 9.53 Å². The fraction of sp³-hybridized carbons (Fsp3) is 0.533. The molecule has 1 aliphatic rings. The van der Waals surface area contributed by atoms with Crippen molar-refractivity contribution < 1.29 is 9.53 Å². The van der Waals surface area contributed by atoms with Crippen LogP contribution in [0.3, 0.4) is 0 Å². The maximum Gasteiger partial charge on any atom is 0.327 e. The lowest BCUT2D eigenvalue weighted by Crippen LogP contribution is -2.38. The van der Waals surface area contributed by atoms with Crippen molar-refractivity contribution in [1.82, 2.24) is 4.90 Å². The van der Waals surface area contributed by atoms with Crippen molar-refractivity contribution in [3.8, 4) is 0 Å². The summed E-state index contributed by atoms with van der Waals surface area (Å²) in [4.78, 5) is 14.4. The van der Waals surface area contributed by atoms with Gasteiger partial charge in [-0.3, -0.25) is 4.90 Å². The molecule has 1 atom stereocenters. The minimum absolute atomic E-state index is 0.120. The Morgan fingerprint density at radius 3 is 2.50 bits per heavy atom. The molecule has 3 nitrogen and oxygen atoms in total. The highest BCUT2D eigenvalue weighted by molar-refractivity contribution is 5.77. The Kier molecular flexibility index (Phi) is 4.76. The molecule has 0 spiro atoms. The molecule has 98 valence electrons. The van der Waals surface area contributed by atoms with Crippen molar-refractivity contribution >= 4 is 5.97 Å². The largest absolute Gasteiger partial charge is 0.465 e. The third-order valence-corrected chi connectivity index (χ3v) is 3.38. The van der Waals surface area contributed by atoms with Crippen molar-refractivity contribution in [3.63, 3.8) is 0 Å². The Hall–Kier alpha value is -1.35. The Balaban J connectivity index is 2.19. The van der Waals surface area contributed by atoms with Crippen molar-refractivity contribution in [2.75, 3.05) is 19.7 Å². The van der Waals surface area contributed by atoms with Crippen LogP contribution < -0.4 is 0 Å². The maximum absolute atomic E-state index is 12.2. The molecule has 1 aliphatic heterocycles. The number of hydrogen-bond donors (Lipinski definition) is 0. The third kappa shape index (κ3) is 3.10. The van der Waals surface area contributed by atoms with Crippen LogP contribution in [0.1, 0.15) is 37.8 Å². The molecule has 3 heteroatoms. The van der Waals surface area contributed by atoms with Crippen LogP contribution in [0.4, 0.5) is 0 Å². The lowest BCUT2D eigenvalue weighted by atomic mass is 10.0. The van der Waals surface area contributed by atoms with Gasteiger partial charge < -0.3 is 4.74 Å². The minimum atomic E-state index is -0.230. The van der Waals surface area contributed by atoms with E-state index in [9.17, 15) is 4.79 Å². The number of likely N-dealkylation sites (tertiary alicyclic amines) is 1. The Morgan fingerprint density at radius 2 is 1.89 bits per heavy atom. The van der Waals surface area contributed by atoms with Gasteiger partial charge in [-0.05, 0) is 38.4 Å². The molecule has 1 aromatic rings. The summed E-state index contributed by atoms with van der Waals surface area (Å²) in [6, 6.07) is 9.72. The molecule has 0 aliphatic carbocycles. The van der Waals surface area contributed by atoms with Crippen molar-refractivity contribution in [1.29, 1.82) is 0 Å². The van der Waals surface area contributed by atoms with E-state index in [1.165, 1.54) is 19.3 Å². The predicted octanol–water partition coefficient (Wildman–Crippen LogP) is 2.78. The highest BCUT2D eigenvalue weighted by Crippen LogP contribution is 2.25. The Labute approximate surface area is 109 Å². The van der Waals surface area contributed by atoms with Gasteiger partial charge in [0.25, 0.3) is 0 Å². The van der Waals surface area contributed by atoms with Crippen LogP contribution in [0.2, 0.25) is 0 Å². The molecule has 0 N–H and O–H groups in total. The molecule has 0 amide bonds. The lowest BCUT2D eigenvalue weighted by Gasteiger charge is -2.33. The van der Waals surface area contributed by atoms with Gasteiger partial charge in [0.1, 0.15) is 6.04 Å². The topological polar surface area (TPSA) is 29.5 Å². The van der Waals surface area contributed by atoms with Crippen LogP contribution in [0.5, 0.6) is 0 Å². The van der Waals surface area contributed by atoms with E-state index >= 15 is 0 Å². The summed E-state index contributed by atoms with van der Waals surface area (Å²) in [5, 5.41) is 0. The quantitative estimate of drug-likeness (QED) is 0.766. The van der Waals surface area contributed by atoms with E-state index in [0.717, 1.165) is 18.7 Å². The molecule has 0 bridgehead atoms. The Bertz CT molecular complexity index is 371. The number of rotatable bonds is 4. The zero-order valence-electron chi connectivity index (χ0n) is 11.0. The van der Waals surface area contributed by atoms with E-state index < -0.39 is 0 Å². The van der Waals surface area contributed by atoms with Gasteiger partial charge in [-0.2, -0.15) is 0 Å². The van der Waals surface area contributed by atoms with E-state index in [1.807, 2.05) is 37.3 Å². The van der Waals surface area contributed by atoms with E-state index in [2.05, 4.69) is 4.90 Å². The first kappa shape index (κ1) is 13.1. The van der Waals surface area contributed by atoms with Crippen LogP contribution in [0.25, 0.3) is 0 Å². The molecule has 18 heavy (non-hydrogen) atoms. The molecule has 1 fully saturated rings. The second-order valence-corrected chi connectivity index (χ2v) is 4.66. The van der Waals surface area contributed by atoms with Gasteiger partial charge in [-0.25, -0.2) is 4.79 Å². The number of carbonyl (C=O) groups excluding carboxylic acids is 1. The Morgan fingerprint density at radius 1 is 1.22 bits per heavy atom. The van der Waals surface area contributed by atoms with Gasteiger partial charge in [-0.1, -0.05) is 36.8 Å². The summed E-state index contributed by atoms with van der Waals surface area (Å²) in [5.74, 6) is -0.120. The predicted molar refractivity (Wildman–Crippen MR) is 71.2 cm³/mol. The second kappa shape index (κ2) is 6.55. The number of nitrogens with zero attached hydrogens (tertiary/aromatic N) is 1. The second-order valence-electron chi connectivity index (χ2n) is 4.66. The van der Waals surface area contributed by atoms with E-state index in [4.69, 9.17) is 4.74 Å². The molecule has 0 radical (unpaired) electrons. The molecule has 1 saturated heterocycles. The van der Waals surface area contributed by atoms with Crippen LogP contribution in [0, 0.1) is 0 Å². The molecular weight excluding hydrogens is 226 g/mol. The number of esters is 1. The van der Waals surface area contributed by atoms with Gasteiger partial charge in [0, 0.05) is 0 Å². The average molecular weight is 247 g/mol. The van der Waals surface area contributed by atoms with Crippen molar-refractivity contribution in [2.45, 2.75) is 32.2 Å². The minimum Gasteiger partial charge on any atom is -0.465 e. The molecule has 2 rings (SSSR count). The van der Waals surface area contributed by atoms with Crippen molar-refractivity contribution in [2.24, 2.45) is 0 Å². The summed E-state index contributed by atoms with van der Waals surface area (Å²) < 4.78 is 5.23. The highest BCUT2D eigenvalue weighted by atomic mass is 16.5. The highest BCUT2D eigenvalue weighted by Gasteiger charge is 2.29. The summed E-state index contributed by atoms with van der Waals surface area (Å²) in [7, 11) is 0.